The van der Waals surface area contributed by atoms with E-state index in [1.54, 1.807) is 23.0 Å². The maximum atomic E-state index is 5.78. The van der Waals surface area contributed by atoms with Gasteiger partial charge >= 0.3 is 0 Å². The van der Waals surface area contributed by atoms with Crippen LogP contribution in [0.15, 0.2) is 18.3 Å². The topological polar surface area (TPSA) is 69.6 Å². The van der Waals surface area contributed by atoms with Gasteiger partial charge in [0.1, 0.15) is 11.6 Å². The van der Waals surface area contributed by atoms with Crippen LogP contribution >= 0.6 is 0 Å². The number of aryl methyl sites for hydroxylation is 2. The lowest BCUT2D eigenvalue weighted by molar-refractivity contribution is 0.806. The van der Waals surface area contributed by atoms with Gasteiger partial charge in [-0.3, -0.25) is 0 Å². The smallest absolute Gasteiger partial charge is 0.178 e. The van der Waals surface area contributed by atoms with Crippen molar-refractivity contribution in [2.75, 3.05) is 5.73 Å². The largest absolute Gasteiger partial charge is 0.396 e. The van der Waals surface area contributed by atoms with Gasteiger partial charge in [0, 0.05) is 6.20 Å². The van der Waals surface area contributed by atoms with Gasteiger partial charge in [-0.15, -0.1) is 5.10 Å². The Kier molecular flexibility index (Phi) is 1.92. The molecule has 2 heterocycles. The standard InChI is InChI=1S/C9H11N5/c1-6-12-7(2)14(13-6)9-8(10)4-3-5-11-9/h3-5H,10H2,1-2H3. The Morgan fingerprint density at radius 3 is 2.71 bits per heavy atom. The molecule has 0 radical (unpaired) electrons. The summed E-state index contributed by atoms with van der Waals surface area (Å²) < 4.78 is 1.64. The van der Waals surface area contributed by atoms with Gasteiger partial charge in [-0.25, -0.2) is 9.97 Å². The van der Waals surface area contributed by atoms with Crippen LogP contribution in [0.4, 0.5) is 5.69 Å². The molecule has 0 saturated carbocycles. The molecule has 2 aromatic heterocycles. The lowest BCUT2D eigenvalue weighted by Gasteiger charge is -2.03. The number of pyridine rings is 1. The number of nitrogen functional groups attached to an aromatic ring is 1. The number of rotatable bonds is 1. The highest BCUT2D eigenvalue weighted by molar-refractivity contribution is 5.52. The van der Waals surface area contributed by atoms with Crippen LogP contribution in [0.25, 0.3) is 5.82 Å². The third kappa shape index (κ3) is 1.32. The van der Waals surface area contributed by atoms with Gasteiger partial charge in [-0.2, -0.15) is 4.68 Å². The molecular formula is C9H11N5. The van der Waals surface area contributed by atoms with E-state index in [-0.39, 0.29) is 0 Å². The van der Waals surface area contributed by atoms with Crippen LogP contribution in [-0.4, -0.2) is 19.7 Å². The fourth-order valence-corrected chi connectivity index (χ4v) is 1.31. The zero-order valence-electron chi connectivity index (χ0n) is 8.10. The van der Waals surface area contributed by atoms with Crippen LogP contribution in [0.2, 0.25) is 0 Å². The van der Waals surface area contributed by atoms with Crippen LogP contribution in [0.5, 0.6) is 0 Å². The molecule has 0 aromatic carbocycles. The third-order valence-corrected chi connectivity index (χ3v) is 1.89. The summed E-state index contributed by atoms with van der Waals surface area (Å²) >= 11 is 0. The molecule has 5 nitrogen and oxygen atoms in total. The quantitative estimate of drug-likeness (QED) is 0.722. The van der Waals surface area contributed by atoms with Crippen LogP contribution in [-0.2, 0) is 0 Å². The summed E-state index contributed by atoms with van der Waals surface area (Å²) in [6.45, 7) is 3.71. The molecule has 0 aliphatic carbocycles. The molecule has 0 atom stereocenters. The summed E-state index contributed by atoms with van der Waals surface area (Å²) in [7, 11) is 0. The Morgan fingerprint density at radius 2 is 2.14 bits per heavy atom. The molecule has 2 N–H and O–H groups in total. The van der Waals surface area contributed by atoms with E-state index < -0.39 is 0 Å². The SMILES string of the molecule is Cc1nc(C)n(-c2ncccc2N)n1. The highest BCUT2D eigenvalue weighted by atomic mass is 15.4. The fourth-order valence-electron chi connectivity index (χ4n) is 1.31. The minimum absolute atomic E-state index is 0.598. The summed E-state index contributed by atoms with van der Waals surface area (Å²) in [5.41, 5.74) is 6.38. The highest BCUT2D eigenvalue weighted by Crippen LogP contribution is 2.13. The van der Waals surface area contributed by atoms with Gasteiger partial charge in [0.2, 0.25) is 0 Å². The van der Waals surface area contributed by atoms with Crippen molar-refractivity contribution >= 4 is 5.69 Å². The van der Waals surface area contributed by atoms with Gasteiger partial charge in [0.15, 0.2) is 5.82 Å². The number of hydrogen-bond acceptors (Lipinski definition) is 4. The van der Waals surface area contributed by atoms with Gasteiger partial charge in [-0.1, -0.05) is 0 Å². The molecule has 0 amide bonds. The fraction of sp³-hybridized carbons (Fsp3) is 0.222. The van der Waals surface area contributed by atoms with Gasteiger partial charge < -0.3 is 5.73 Å². The Bertz CT molecular complexity index is 460. The second-order valence-corrected chi connectivity index (χ2v) is 3.03. The normalized spacial score (nSPS) is 10.4. The molecule has 0 fully saturated rings. The van der Waals surface area contributed by atoms with Gasteiger partial charge in [0.25, 0.3) is 0 Å². The van der Waals surface area contributed by atoms with E-state index in [9.17, 15) is 0 Å². The molecule has 14 heavy (non-hydrogen) atoms. The molecule has 2 aromatic rings. The number of hydrogen-bond donors (Lipinski definition) is 1. The van der Waals surface area contributed by atoms with Crippen LogP contribution in [0.1, 0.15) is 11.6 Å². The summed E-state index contributed by atoms with van der Waals surface area (Å²) in [6, 6.07) is 3.58. The van der Waals surface area contributed by atoms with Crippen molar-refractivity contribution in [1.29, 1.82) is 0 Å². The average Bonchev–Trinajstić information content (AvgIpc) is 2.46. The van der Waals surface area contributed by atoms with E-state index in [2.05, 4.69) is 15.1 Å². The zero-order chi connectivity index (χ0) is 10.1. The lowest BCUT2D eigenvalue weighted by Crippen LogP contribution is -2.05. The van der Waals surface area contributed by atoms with Crippen molar-refractivity contribution in [2.24, 2.45) is 0 Å². The van der Waals surface area contributed by atoms with E-state index >= 15 is 0 Å². The van der Waals surface area contributed by atoms with Crippen molar-refractivity contribution < 1.29 is 0 Å². The van der Waals surface area contributed by atoms with Gasteiger partial charge in [-0.05, 0) is 26.0 Å². The van der Waals surface area contributed by atoms with Crippen molar-refractivity contribution in [3.8, 4) is 5.82 Å². The van der Waals surface area contributed by atoms with Crippen LogP contribution in [0, 0.1) is 13.8 Å². The van der Waals surface area contributed by atoms with E-state index in [4.69, 9.17) is 5.73 Å². The second-order valence-electron chi connectivity index (χ2n) is 3.03. The monoisotopic (exact) mass is 189 g/mol. The minimum atomic E-state index is 0.598. The van der Waals surface area contributed by atoms with E-state index in [0.717, 1.165) is 5.82 Å². The number of nitrogens with two attached hydrogens (primary N) is 1. The molecule has 0 aliphatic heterocycles. The molecule has 0 bridgehead atoms. The van der Waals surface area contributed by atoms with Crippen LogP contribution in [0.3, 0.4) is 0 Å². The van der Waals surface area contributed by atoms with E-state index in [1.165, 1.54) is 0 Å². The Morgan fingerprint density at radius 1 is 1.36 bits per heavy atom. The van der Waals surface area contributed by atoms with E-state index in [1.807, 2.05) is 13.8 Å². The van der Waals surface area contributed by atoms with Crippen molar-refractivity contribution in [3.63, 3.8) is 0 Å². The number of nitrogens with zero attached hydrogens (tertiary/aromatic N) is 4. The predicted octanol–water partition coefficient (Wildman–Crippen LogP) is 0.861. The Hall–Kier alpha value is -1.91. The molecule has 0 aliphatic rings. The van der Waals surface area contributed by atoms with E-state index in [0.29, 0.717) is 17.3 Å². The highest BCUT2D eigenvalue weighted by Gasteiger charge is 2.08. The summed E-state index contributed by atoms with van der Waals surface area (Å²) in [5.74, 6) is 2.13. The van der Waals surface area contributed by atoms with Crippen LogP contribution < -0.4 is 5.73 Å². The zero-order valence-corrected chi connectivity index (χ0v) is 8.10. The summed E-state index contributed by atoms with van der Waals surface area (Å²) in [5, 5.41) is 4.20. The number of aromatic nitrogens is 4. The molecule has 5 heteroatoms. The molecule has 0 spiro atoms. The first-order valence-corrected chi connectivity index (χ1v) is 4.29. The predicted molar refractivity (Wildman–Crippen MR) is 53.0 cm³/mol. The first kappa shape index (κ1) is 8.68. The van der Waals surface area contributed by atoms with Crippen molar-refractivity contribution in [3.05, 3.63) is 30.0 Å². The molecule has 0 unspecified atom stereocenters. The maximum absolute atomic E-state index is 5.78. The number of anilines is 1. The van der Waals surface area contributed by atoms with Crippen molar-refractivity contribution in [1.82, 2.24) is 19.7 Å². The average molecular weight is 189 g/mol. The molecular weight excluding hydrogens is 178 g/mol. The lowest BCUT2D eigenvalue weighted by atomic mass is 10.4. The summed E-state index contributed by atoms with van der Waals surface area (Å²) in [6.07, 6.45) is 1.68. The van der Waals surface area contributed by atoms with Crippen molar-refractivity contribution in [2.45, 2.75) is 13.8 Å². The first-order valence-electron chi connectivity index (χ1n) is 4.29. The summed E-state index contributed by atoms with van der Waals surface area (Å²) in [4.78, 5) is 8.34. The third-order valence-electron chi connectivity index (χ3n) is 1.89. The maximum Gasteiger partial charge on any atom is 0.178 e. The molecule has 2 rings (SSSR count). The molecule has 0 saturated heterocycles. The Balaban J connectivity index is 2.60. The Labute approximate surface area is 81.6 Å². The minimum Gasteiger partial charge on any atom is -0.396 e. The first-order chi connectivity index (χ1) is 6.68. The van der Waals surface area contributed by atoms with Gasteiger partial charge in [0.05, 0.1) is 5.69 Å². The second kappa shape index (κ2) is 3.10. The molecule has 72 valence electrons.